The van der Waals surface area contributed by atoms with E-state index in [4.69, 9.17) is 9.47 Å². The molecule has 1 atom stereocenters. The predicted octanol–water partition coefficient (Wildman–Crippen LogP) is 4.53. The van der Waals surface area contributed by atoms with E-state index in [1.807, 2.05) is 60.8 Å². The quantitative estimate of drug-likeness (QED) is 0.694. The van der Waals surface area contributed by atoms with Gasteiger partial charge in [-0.15, -0.1) is 11.3 Å². The number of benzene rings is 2. The SMILES string of the molecule is COc1ccc(-c2csc(NC(=O)[C@H](C)Oc3cccc(C)c3)n2)cc1. The molecule has 2 aromatic carbocycles. The van der Waals surface area contributed by atoms with Crippen LogP contribution in [0.15, 0.2) is 53.9 Å². The van der Waals surface area contributed by atoms with Gasteiger partial charge in [0.05, 0.1) is 12.8 Å². The van der Waals surface area contributed by atoms with Crippen molar-refractivity contribution in [1.29, 1.82) is 0 Å². The molecule has 1 amide bonds. The molecule has 3 aromatic rings. The van der Waals surface area contributed by atoms with Crippen LogP contribution >= 0.6 is 11.3 Å². The lowest BCUT2D eigenvalue weighted by Crippen LogP contribution is -2.30. The smallest absolute Gasteiger partial charge is 0.266 e. The molecule has 0 fully saturated rings. The Hall–Kier alpha value is -2.86. The van der Waals surface area contributed by atoms with E-state index in [1.54, 1.807) is 14.0 Å². The number of nitrogens with one attached hydrogen (secondary N) is 1. The zero-order valence-electron chi connectivity index (χ0n) is 14.9. The van der Waals surface area contributed by atoms with Crippen molar-refractivity contribution in [1.82, 2.24) is 4.98 Å². The maximum atomic E-state index is 12.3. The standard InChI is InChI=1S/C20H20N2O3S/c1-13-5-4-6-17(11-13)25-14(2)19(23)22-20-21-18(12-26-20)15-7-9-16(24-3)10-8-15/h4-12,14H,1-3H3,(H,21,22,23)/t14-/m0/s1. The molecule has 0 aliphatic heterocycles. The van der Waals surface area contributed by atoms with Gasteiger partial charge in [-0.05, 0) is 55.8 Å². The maximum absolute atomic E-state index is 12.3. The number of rotatable bonds is 6. The van der Waals surface area contributed by atoms with Gasteiger partial charge in [-0.2, -0.15) is 0 Å². The first-order chi connectivity index (χ1) is 12.5. The normalized spacial score (nSPS) is 11.7. The van der Waals surface area contributed by atoms with E-state index >= 15 is 0 Å². The zero-order chi connectivity index (χ0) is 18.5. The van der Waals surface area contributed by atoms with Gasteiger partial charge in [-0.25, -0.2) is 4.98 Å². The molecule has 3 rings (SSSR count). The van der Waals surface area contributed by atoms with Crippen LogP contribution in [0.3, 0.4) is 0 Å². The molecule has 1 aromatic heterocycles. The van der Waals surface area contributed by atoms with Crippen molar-refractivity contribution in [2.75, 3.05) is 12.4 Å². The number of carbonyl (C=O) groups excluding carboxylic acids is 1. The number of carbonyl (C=O) groups is 1. The van der Waals surface area contributed by atoms with Crippen molar-refractivity contribution in [3.8, 4) is 22.8 Å². The van der Waals surface area contributed by atoms with Crippen molar-refractivity contribution in [3.05, 3.63) is 59.5 Å². The lowest BCUT2D eigenvalue weighted by Gasteiger charge is -2.14. The fourth-order valence-electron chi connectivity index (χ4n) is 2.38. The first kappa shape index (κ1) is 17.9. The van der Waals surface area contributed by atoms with E-state index < -0.39 is 6.10 Å². The van der Waals surface area contributed by atoms with Gasteiger partial charge in [-0.3, -0.25) is 10.1 Å². The number of ether oxygens (including phenoxy) is 2. The van der Waals surface area contributed by atoms with Crippen LogP contribution in [-0.4, -0.2) is 24.1 Å². The van der Waals surface area contributed by atoms with Crippen molar-refractivity contribution in [2.45, 2.75) is 20.0 Å². The van der Waals surface area contributed by atoms with Crippen LogP contribution in [-0.2, 0) is 4.79 Å². The van der Waals surface area contributed by atoms with Gasteiger partial charge in [-0.1, -0.05) is 12.1 Å². The van der Waals surface area contributed by atoms with Crippen LogP contribution in [0, 0.1) is 6.92 Å². The average molecular weight is 368 g/mol. The predicted molar refractivity (Wildman–Crippen MR) is 104 cm³/mol. The number of methoxy groups -OCH3 is 1. The number of hydrogen-bond donors (Lipinski definition) is 1. The van der Waals surface area contributed by atoms with Crippen molar-refractivity contribution in [2.24, 2.45) is 0 Å². The second-order valence-electron chi connectivity index (χ2n) is 5.83. The molecule has 134 valence electrons. The second kappa shape index (κ2) is 8.01. The van der Waals surface area contributed by atoms with Gasteiger partial charge in [0.25, 0.3) is 5.91 Å². The summed E-state index contributed by atoms with van der Waals surface area (Å²) < 4.78 is 10.9. The summed E-state index contributed by atoms with van der Waals surface area (Å²) in [6.07, 6.45) is -0.620. The van der Waals surface area contributed by atoms with Crippen molar-refractivity contribution < 1.29 is 14.3 Å². The Balaban J connectivity index is 1.63. The van der Waals surface area contributed by atoms with Crippen LogP contribution in [0.5, 0.6) is 11.5 Å². The summed E-state index contributed by atoms with van der Waals surface area (Å²) in [5, 5.41) is 5.26. The summed E-state index contributed by atoms with van der Waals surface area (Å²) in [4.78, 5) is 16.8. The molecule has 0 bridgehead atoms. The molecule has 5 nitrogen and oxygen atoms in total. The number of hydrogen-bond acceptors (Lipinski definition) is 5. The lowest BCUT2D eigenvalue weighted by molar-refractivity contribution is -0.122. The van der Waals surface area contributed by atoms with Gasteiger partial charge in [0, 0.05) is 10.9 Å². The monoisotopic (exact) mass is 368 g/mol. The number of aromatic nitrogens is 1. The van der Waals surface area contributed by atoms with Crippen LogP contribution in [0.25, 0.3) is 11.3 Å². The Bertz CT molecular complexity index is 890. The Kier molecular flexibility index (Phi) is 5.53. The minimum Gasteiger partial charge on any atom is -0.497 e. The Morgan fingerprint density at radius 3 is 2.62 bits per heavy atom. The second-order valence-corrected chi connectivity index (χ2v) is 6.69. The van der Waals surface area contributed by atoms with Gasteiger partial charge >= 0.3 is 0 Å². The summed E-state index contributed by atoms with van der Waals surface area (Å²) in [7, 11) is 1.63. The molecule has 0 aliphatic carbocycles. The topological polar surface area (TPSA) is 60.5 Å². The van der Waals surface area contributed by atoms with Gasteiger partial charge in [0.15, 0.2) is 11.2 Å². The van der Waals surface area contributed by atoms with E-state index in [0.717, 1.165) is 22.6 Å². The van der Waals surface area contributed by atoms with E-state index in [1.165, 1.54) is 11.3 Å². The van der Waals surface area contributed by atoms with Gasteiger partial charge in [0.2, 0.25) is 0 Å². The largest absolute Gasteiger partial charge is 0.497 e. The van der Waals surface area contributed by atoms with Crippen LogP contribution in [0.2, 0.25) is 0 Å². The molecular weight excluding hydrogens is 348 g/mol. The van der Waals surface area contributed by atoms with Crippen LogP contribution < -0.4 is 14.8 Å². The number of thiazole rings is 1. The van der Waals surface area contributed by atoms with Gasteiger partial charge < -0.3 is 9.47 Å². The molecule has 0 radical (unpaired) electrons. The molecule has 26 heavy (non-hydrogen) atoms. The highest BCUT2D eigenvalue weighted by Gasteiger charge is 2.17. The minimum absolute atomic E-state index is 0.234. The summed E-state index contributed by atoms with van der Waals surface area (Å²) in [5.74, 6) is 1.23. The third-order valence-electron chi connectivity index (χ3n) is 3.79. The summed E-state index contributed by atoms with van der Waals surface area (Å²) >= 11 is 1.38. The molecule has 1 N–H and O–H groups in total. The highest BCUT2D eigenvalue weighted by atomic mass is 32.1. The van der Waals surface area contributed by atoms with E-state index in [0.29, 0.717) is 10.9 Å². The Labute approximate surface area is 156 Å². The fraction of sp³-hybridized carbons (Fsp3) is 0.200. The first-order valence-corrected chi connectivity index (χ1v) is 9.07. The van der Waals surface area contributed by atoms with E-state index in [-0.39, 0.29) is 5.91 Å². The molecule has 1 heterocycles. The third kappa shape index (κ3) is 4.40. The van der Waals surface area contributed by atoms with E-state index in [9.17, 15) is 4.79 Å². The Morgan fingerprint density at radius 1 is 1.15 bits per heavy atom. The fourth-order valence-corrected chi connectivity index (χ4v) is 3.10. The number of nitrogens with zero attached hydrogens (tertiary/aromatic N) is 1. The molecule has 0 aliphatic rings. The van der Waals surface area contributed by atoms with Crippen LogP contribution in [0.4, 0.5) is 5.13 Å². The molecule has 6 heteroatoms. The van der Waals surface area contributed by atoms with Crippen molar-refractivity contribution in [3.63, 3.8) is 0 Å². The number of anilines is 1. The summed E-state index contributed by atoms with van der Waals surface area (Å²) in [6.45, 7) is 3.70. The van der Waals surface area contributed by atoms with E-state index in [2.05, 4.69) is 10.3 Å². The molecule has 0 saturated heterocycles. The zero-order valence-corrected chi connectivity index (χ0v) is 15.7. The average Bonchev–Trinajstić information content (AvgIpc) is 3.10. The molecule has 0 unspecified atom stereocenters. The van der Waals surface area contributed by atoms with Crippen molar-refractivity contribution >= 4 is 22.4 Å². The first-order valence-electron chi connectivity index (χ1n) is 8.19. The lowest BCUT2D eigenvalue weighted by atomic mass is 10.2. The highest BCUT2D eigenvalue weighted by molar-refractivity contribution is 7.14. The maximum Gasteiger partial charge on any atom is 0.266 e. The highest BCUT2D eigenvalue weighted by Crippen LogP contribution is 2.26. The molecule has 0 spiro atoms. The minimum atomic E-state index is -0.620. The number of aryl methyl sites for hydroxylation is 1. The number of amides is 1. The summed E-state index contributed by atoms with van der Waals surface area (Å²) in [5.41, 5.74) is 2.85. The van der Waals surface area contributed by atoms with Crippen LogP contribution in [0.1, 0.15) is 12.5 Å². The van der Waals surface area contributed by atoms with Gasteiger partial charge in [0.1, 0.15) is 11.5 Å². The summed E-state index contributed by atoms with van der Waals surface area (Å²) in [6, 6.07) is 15.2. The molecule has 0 saturated carbocycles. The Morgan fingerprint density at radius 2 is 1.92 bits per heavy atom. The molecular formula is C20H20N2O3S. The third-order valence-corrected chi connectivity index (χ3v) is 4.55.